The predicted octanol–water partition coefficient (Wildman–Crippen LogP) is 4.39. The molecule has 1 fully saturated rings. The van der Waals surface area contributed by atoms with Crippen molar-refractivity contribution in [2.45, 2.75) is 89.4 Å². The number of sulfonamides is 1. The lowest BCUT2D eigenvalue weighted by molar-refractivity contribution is 0.0822. The van der Waals surface area contributed by atoms with E-state index >= 15 is 0 Å². The van der Waals surface area contributed by atoms with Crippen LogP contribution in [0, 0.1) is 0 Å². The standard InChI is InChI=1S/C32H44N4O4S/c1-3-36-22-24-16-17-41(39,40)35(2)28-19-25(20-29(36)31(24)28)32(38)34-27(18-23-12-8-7-9-13-23)30(37)21-33-26-14-10-5-4-6-11-15-26/h7-9,12-13,19-20,22,26-27,30,33,37H,3-6,10-11,14-18,21H2,1-2H3,(H,34,38)/t27-,30+/m0/s1. The Labute approximate surface area is 244 Å². The Morgan fingerprint density at radius 1 is 1.07 bits per heavy atom. The van der Waals surface area contributed by atoms with E-state index in [-0.39, 0.29) is 11.7 Å². The molecule has 222 valence electrons. The van der Waals surface area contributed by atoms with E-state index < -0.39 is 22.2 Å². The maximum atomic E-state index is 13.8. The van der Waals surface area contributed by atoms with E-state index in [4.69, 9.17) is 0 Å². The number of aromatic nitrogens is 1. The van der Waals surface area contributed by atoms with Crippen molar-refractivity contribution in [3.05, 3.63) is 65.4 Å². The third kappa shape index (κ3) is 6.79. The Morgan fingerprint density at radius 2 is 1.78 bits per heavy atom. The van der Waals surface area contributed by atoms with Gasteiger partial charge in [-0.2, -0.15) is 0 Å². The van der Waals surface area contributed by atoms with Crippen molar-refractivity contribution in [3.8, 4) is 0 Å². The first-order chi connectivity index (χ1) is 19.8. The highest BCUT2D eigenvalue weighted by molar-refractivity contribution is 7.92. The number of aliphatic hydroxyl groups is 1. The van der Waals surface area contributed by atoms with Crippen LogP contribution in [0.25, 0.3) is 10.9 Å². The molecule has 0 saturated heterocycles. The summed E-state index contributed by atoms with van der Waals surface area (Å²) in [6.45, 7) is 3.15. The van der Waals surface area contributed by atoms with Crippen molar-refractivity contribution in [2.75, 3.05) is 23.7 Å². The van der Waals surface area contributed by atoms with Gasteiger partial charge >= 0.3 is 0 Å². The largest absolute Gasteiger partial charge is 0.390 e. The van der Waals surface area contributed by atoms with E-state index in [9.17, 15) is 18.3 Å². The number of benzene rings is 2. The maximum Gasteiger partial charge on any atom is 0.251 e. The summed E-state index contributed by atoms with van der Waals surface area (Å²) in [6, 6.07) is 13.3. The molecule has 3 aromatic rings. The van der Waals surface area contributed by atoms with Crippen molar-refractivity contribution >= 4 is 32.5 Å². The second-order valence-electron chi connectivity index (χ2n) is 11.7. The highest BCUT2D eigenvalue weighted by atomic mass is 32.2. The van der Waals surface area contributed by atoms with Gasteiger partial charge in [0, 0.05) is 43.3 Å². The lowest BCUT2D eigenvalue weighted by Gasteiger charge is -2.28. The number of aliphatic hydroxyl groups excluding tert-OH is 1. The first-order valence-electron chi connectivity index (χ1n) is 15.2. The molecule has 0 unspecified atom stereocenters. The van der Waals surface area contributed by atoms with Gasteiger partial charge < -0.3 is 20.3 Å². The van der Waals surface area contributed by atoms with Crippen LogP contribution in [0.1, 0.15) is 73.4 Å². The van der Waals surface area contributed by atoms with E-state index in [1.54, 1.807) is 13.1 Å². The van der Waals surface area contributed by atoms with Crippen molar-refractivity contribution in [2.24, 2.45) is 0 Å². The first-order valence-corrected chi connectivity index (χ1v) is 16.8. The van der Waals surface area contributed by atoms with E-state index in [0.29, 0.717) is 43.2 Å². The first kappa shape index (κ1) is 29.6. The Balaban J connectivity index is 1.41. The summed E-state index contributed by atoms with van der Waals surface area (Å²) in [7, 11) is -1.94. The molecule has 8 nitrogen and oxygen atoms in total. The summed E-state index contributed by atoms with van der Waals surface area (Å²) in [5, 5.41) is 18.9. The van der Waals surface area contributed by atoms with Crippen molar-refractivity contribution in [1.82, 2.24) is 15.2 Å². The zero-order valence-corrected chi connectivity index (χ0v) is 25.1. The molecular weight excluding hydrogens is 536 g/mol. The van der Waals surface area contributed by atoms with Crippen LogP contribution < -0.4 is 14.9 Å². The average Bonchev–Trinajstić information content (AvgIpc) is 3.28. The lowest BCUT2D eigenvalue weighted by atomic mass is 9.96. The smallest absolute Gasteiger partial charge is 0.251 e. The molecule has 1 aliphatic carbocycles. The minimum Gasteiger partial charge on any atom is -0.390 e. The zero-order chi connectivity index (χ0) is 29.0. The topological polar surface area (TPSA) is 104 Å². The third-order valence-electron chi connectivity index (χ3n) is 8.83. The van der Waals surface area contributed by atoms with Gasteiger partial charge in [0.15, 0.2) is 0 Å². The van der Waals surface area contributed by atoms with Gasteiger partial charge in [0.05, 0.1) is 29.1 Å². The van der Waals surface area contributed by atoms with Crippen molar-refractivity contribution < 1.29 is 18.3 Å². The number of nitrogens with one attached hydrogen (secondary N) is 2. The van der Waals surface area contributed by atoms with Gasteiger partial charge in [-0.3, -0.25) is 9.10 Å². The van der Waals surface area contributed by atoms with Crippen LogP contribution in [0.4, 0.5) is 5.69 Å². The molecule has 0 bridgehead atoms. The second-order valence-corrected chi connectivity index (χ2v) is 13.8. The molecule has 0 spiro atoms. The monoisotopic (exact) mass is 580 g/mol. The number of hydrogen-bond acceptors (Lipinski definition) is 5. The normalized spacial score (nSPS) is 19.2. The number of hydrogen-bond donors (Lipinski definition) is 3. The van der Waals surface area contributed by atoms with Crippen LogP contribution in [-0.4, -0.2) is 61.5 Å². The van der Waals surface area contributed by atoms with Gasteiger partial charge in [0.2, 0.25) is 10.0 Å². The van der Waals surface area contributed by atoms with Crippen LogP contribution in [0.5, 0.6) is 0 Å². The Hall–Kier alpha value is -2.88. The molecule has 1 aromatic heterocycles. The summed E-state index contributed by atoms with van der Waals surface area (Å²) in [4.78, 5) is 13.8. The molecule has 9 heteroatoms. The van der Waals surface area contributed by atoms with Gasteiger partial charge in [-0.1, -0.05) is 62.4 Å². The fraction of sp³-hybridized carbons (Fsp3) is 0.531. The minimum absolute atomic E-state index is 0.0296. The number of aryl methyl sites for hydroxylation is 2. The van der Waals surface area contributed by atoms with E-state index in [2.05, 4.69) is 15.2 Å². The molecule has 0 radical (unpaired) electrons. The minimum atomic E-state index is -3.50. The molecule has 2 aromatic carbocycles. The van der Waals surface area contributed by atoms with Gasteiger partial charge in [0.1, 0.15) is 0 Å². The molecule has 2 aliphatic rings. The molecule has 5 rings (SSSR count). The maximum absolute atomic E-state index is 13.8. The molecular formula is C32H44N4O4S. The summed E-state index contributed by atoms with van der Waals surface area (Å²) in [5.41, 5.74) is 3.77. The third-order valence-corrected chi connectivity index (χ3v) is 10.6. The molecule has 41 heavy (non-hydrogen) atoms. The fourth-order valence-corrected chi connectivity index (χ4v) is 7.53. The number of anilines is 1. The number of carbonyl (C=O) groups excluding carboxylic acids is 1. The van der Waals surface area contributed by atoms with Crippen LogP contribution in [-0.2, 0) is 29.4 Å². The van der Waals surface area contributed by atoms with Crippen LogP contribution >= 0.6 is 0 Å². The van der Waals surface area contributed by atoms with Crippen LogP contribution in [0.2, 0.25) is 0 Å². The van der Waals surface area contributed by atoms with Gasteiger partial charge in [-0.05, 0) is 55.9 Å². The second kappa shape index (κ2) is 13.0. The zero-order valence-electron chi connectivity index (χ0n) is 24.3. The molecule has 3 N–H and O–H groups in total. The van der Waals surface area contributed by atoms with Gasteiger partial charge in [-0.15, -0.1) is 0 Å². The number of amides is 1. The molecule has 1 amide bonds. The summed E-state index contributed by atoms with van der Waals surface area (Å²) in [5.74, 6) is -0.295. The quantitative estimate of drug-likeness (QED) is 0.348. The summed E-state index contributed by atoms with van der Waals surface area (Å²) in [6.07, 6.45) is 10.6. The van der Waals surface area contributed by atoms with Crippen LogP contribution in [0.15, 0.2) is 48.7 Å². The highest BCUT2D eigenvalue weighted by Gasteiger charge is 2.30. The van der Waals surface area contributed by atoms with Crippen molar-refractivity contribution in [3.63, 3.8) is 0 Å². The summed E-state index contributed by atoms with van der Waals surface area (Å²) >= 11 is 0. The Kier molecular flexibility index (Phi) is 9.36. The molecule has 2 heterocycles. The molecule has 2 atom stereocenters. The SMILES string of the molecule is CCn1cc2c3c(cc(C(=O)N[C@@H](Cc4ccccc4)[C@H](O)CNC4CCCCCCC4)cc31)N(C)S(=O)(=O)CC2. The average molecular weight is 581 g/mol. The van der Waals surface area contributed by atoms with Crippen LogP contribution in [0.3, 0.4) is 0 Å². The van der Waals surface area contributed by atoms with E-state index in [1.165, 1.54) is 36.4 Å². The fourth-order valence-electron chi connectivity index (χ4n) is 6.34. The van der Waals surface area contributed by atoms with E-state index in [0.717, 1.165) is 34.9 Å². The summed E-state index contributed by atoms with van der Waals surface area (Å²) < 4.78 is 29.3. The number of rotatable bonds is 9. The van der Waals surface area contributed by atoms with Crippen molar-refractivity contribution in [1.29, 1.82) is 0 Å². The Bertz CT molecular complexity index is 1450. The predicted molar refractivity (Wildman–Crippen MR) is 165 cm³/mol. The highest BCUT2D eigenvalue weighted by Crippen LogP contribution is 2.37. The number of carbonyl (C=O) groups is 1. The molecule has 1 saturated carbocycles. The van der Waals surface area contributed by atoms with Gasteiger partial charge in [0.25, 0.3) is 5.91 Å². The molecule has 1 aliphatic heterocycles. The number of nitrogens with zero attached hydrogens (tertiary/aromatic N) is 2. The Morgan fingerprint density at radius 3 is 2.49 bits per heavy atom. The lowest BCUT2D eigenvalue weighted by Crippen LogP contribution is -2.50. The van der Waals surface area contributed by atoms with E-state index in [1.807, 2.05) is 49.5 Å². The van der Waals surface area contributed by atoms with Gasteiger partial charge in [-0.25, -0.2) is 8.42 Å².